The van der Waals surface area contributed by atoms with Gasteiger partial charge in [-0.25, -0.2) is 9.78 Å². The fourth-order valence-corrected chi connectivity index (χ4v) is 3.55. The van der Waals surface area contributed by atoms with Crippen molar-refractivity contribution in [2.24, 2.45) is 0 Å². The Bertz CT molecular complexity index is 1040. The van der Waals surface area contributed by atoms with Crippen LogP contribution in [0, 0.1) is 27.7 Å². The molecule has 0 fully saturated rings. The molecule has 0 spiro atoms. The van der Waals surface area contributed by atoms with Crippen molar-refractivity contribution in [2.45, 2.75) is 34.3 Å². The van der Waals surface area contributed by atoms with Gasteiger partial charge in [0.05, 0.1) is 5.39 Å². The number of rotatable bonds is 5. The molecule has 1 N–H and O–H groups in total. The van der Waals surface area contributed by atoms with Gasteiger partial charge in [-0.15, -0.1) is 11.3 Å². The van der Waals surface area contributed by atoms with Gasteiger partial charge in [0.15, 0.2) is 6.61 Å². The number of aromatic amines is 1. The molecule has 0 aliphatic rings. The van der Waals surface area contributed by atoms with Crippen molar-refractivity contribution in [3.63, 3.8) is 0 Å². The molecule has 26 heavy (non-hydrogen) atoms. The summed E-state index contributed by atoms with van der Waals surface area (Å²) in [5, 5.41) is 0.598. The van der Waals surface area contributed by atoms with Crippen molar-refractivity contribution in [2.75, 3.05) is 6.61 Å². The van der Waals surface area contributed by atoms with Gasteiger partial charge in [-0.1, -0.05) is 6.07 Å². The summed E-state index contributed by atoms with van der Waals surface area (Å²) in [5.74, 6) is 0.412. The summed E-state index contributed by atoms with van der Waals surface area (Å²) in [6.07, 6.45) is 0. The first kappa shape index (κ1) is 18.1. The minimum absolute atomic E-state index is 0.101. The van der Waals surface area contributed by atoms with Crippen LogP contribution in [0.3, 0.4) is 0 Å². The van der Waals surface area contributed by atoms with E-state index in [1.807, 2.05) is 45.9 Å². The zero-order valence-corrected chi connectivity index (χ0v) is 16.0. The van der Waals surface area contributed by atoms with Crippen LogP contribution in [0.5, 0.6) is 5.75 Å². The van der Waals surface area contributed by atoms with Crippen LogP contribution in [0.4, 0.5) is 0 Å². The average molecular weight is 372 g/mol. The van der Waals surface area contributed by atoms with Gasteiger partial charge in [-0.05, 0) is 56.5 Å². The number of H-pyrrole nitrogens is 1. The number of thiophene rings is 1. The van der Waals surface area contributed by atoms with E-state index in [0.29, 0.717) is 21.8 Å². The predicted molar refractivity (Wildman–Crippen MR) is 101 cm³/mol. The summed E-state index contributed by atoms with van der Waals surface area (Å²) in [6, 6.07) is 5.62. The van der Waals surface area contributed by atoms with Crippen LogP contribution in [0.1, 0.15) is 27.4 Å². The Hall–Kier alpha value is -2.67. The number of nitrogens with one attached hydrogen (secondary N) is 1. The van der Waals surface area contributed by atoms with E-state index < -0.39 is 5.97 Å². The van der Waals surface area contributed by atoms with Crippen LogP contribution in [0.25, 0.3) is 10.2 Å². The highest BCUT2D eigenvalue weighted by Gasteiger charge is 2.13. The van der Waals surface area contributed by atoms with E-state index in [9.17, 15) is 9.59 Å². The maximum atomic E-state index is 12.2. The van der Waals surface area contributed by atoms with E-state index in [1.165, 1.54) is 11.3 Å². The highest BCUT2D eigenvalue weighted by molar-refractivity contribution is 7.18. The van der Waals surface area contributed by atoms with Crippen LogP contribution in [-0.4, -0.2) is 22.5 Å². The number of carbonyl (C=O) groups excluding carboxylic acids is 1. The van der Waals surface area contributed by atoms with Crippen LogP contribution in [0.15, 0.2) is 23.0 Å². The second-order valence-electron chi connectivity index (χ2n) is 6.17. The van der Waals surface area contributed by atoms with Crippen LogP contribution in [-0.2, 0) is 16.1 Å². The van der Waals surface area contributed by atoms with Crippen LogP contribution in [0.2, 0.25) is 0 Å². The van der Waals surface area contributed by atoms with Gasteiger partial charge in [0.1, 0.15) is 23.0 Å². The normalized spacial score (nSPS) is 10.9. The topological polar surface area (TPSA) is 81.3 Å². The molecular weight excluding hydrogens is 352 g/mol. The Balaban J connectivity index is 1.61. The lowest BCUT2D eigenvalue weighted by molar-refractivity contribution is -0.147. The summed E-state index contributed by atoms with van der Waals surface area (Å²) >= 11 is 1.46. The van der Waals surface area contributed by atoms with Crippen molar-refractivity contribution in [1.82, 2.24) is 9.97 Å². The average Bonchev–Trinajstić information content (AvgIpc) is 2.88. The van der Waals surface area contributed by atoms with E-state index in [-0.39, 0.29) is 18.8 Å². The second-order valence-corrected chi connectivity index (χ2v) is 7.37. The number of aromatic nitrogens is 2. The first-order valence-electron chi connectivity index (χ1n) is 8.19. The Labute approximate surface area is 154 Å². The number of hydrogen-bond acceptors (Lipinski definition) is 6. The summed E-state index contributed by atoms with van der Waals surface area (Å²) < 4.78 is 10.6. The van der Waals surface area contributed by atoms with Crippen molar-refractivity contribution in [1.29, 1.82) is 0 Å². The van der Waals surface area contributed by atoms with Crippen molar-refractivity contribution >= 4 is 27.5 Å². The largest absolute Gasteiger partial charge is 0.482 e. The van der Waals surface area contributed by atoms with Gasteiger partial charge < -0.3 is 14.5 Å². The number of fused-ring (bicyclic) bond motifs is 1. The molecule has 0 saturated heterocycles. The van der Waals surface area contributed by atoms with Gasteiger partial charge >= 0.3 is 5.97 Å². The molecule has 7 heteroatoms. The number of esters is 1. The summed E-state index contributed by atoms with van der Waals surface area (Å²) in [6.45, 7) is 7.53. The quantitative estimate of drug-likeness (QED) is 0.695. The minimum Gasteiger partial charge on any atom is -0.482 e. The fraction of sp³-hybridized carbons (Fsp3) is 0.316. The zero-order valence-electron chi connectivity index (χ0n) is 15.1. The molecule has 2 heterocycles. The molecule has 0 unspecified atom stereocenters. The smallest absolute Gasteiger partial charge is 0.344 e. The molecule has 1 aromatic carbocycles. The van der Waals surface area contributed by atoms with Crippen LogP contribution >= 0.6 is 11.3 Å². The first-order chi connectivity index (χ1) is 12.3. The van der Waals surface area contributed by atoms with Gasteiger partial charge in [-0.2, -0.15) is 0 Å². The molecule has 0 amide bonds. The molecule has 136 valence electrons. The lowest BCUT2D eigenvalue weighted by atomic mass is 10.1. The van der Waals surface area contributed by atoms with E-state index in [0.717, 1.165) is 21.6 Å². The van der Waals surface area contributed by atoms with Gasteiger partial charge in [-0.3, -0.25) is 4.79 Å². The number of carbonyl (C=O) groups is 1. The monoisotopic (exact) mass is 372 g/mol. The SMILES string of the molecule is Cc1ccc(OCC(=O)OCc2nc3sc(C)c(C)c3c(=O)[nH]2)cc1C. The van der Waals surface area contributed by atoms with Crippen LogP contribution < -0.4 is 10.3 Å². The Kier molecular flexibility index (Phi) is 5.08. The molecule has 0 saturated carbocycles. The first-order valence-corrected chi connectivity index (χ1v) is 9.01. The molecule has 3 rings (SSSR count). The lowest BCUT2D eigenvalue weighted by Crippen LogP contribution is -2.18. The highest BCUT2D eigenvalue weighted by Crippen LogP contribution is 2.25. The molecule has 3 aromatic rings. The summed E-state index contributed by atoms with van der Waals surface area (Å²) in [5.41, 5.74) is 2.97. The van der Waals surface area contributed by atoms with E-state index in [1.54, 1.807) is 0 Å². The van der Waals surface area contributed by atoms with Crippen molar-refractivity contribution < 1.29 is 14.3 Å². The third-order valence-electron chi connectivity index (χ3n) is 4.29. The maximum Gasteiger partial charge on any atom is 0.344 e. The van der Waals surface area contributed by atoms with Crippen molar-refractivity contribution in [3.05, 3.63) is 55.9 Å². The molecule has 0 aliphatic carbocycles. The minimum atomic E-state index is -0.524. The number of aryl methyl sites for hydroxylation is 4. The second kappa shape index (κ2) is 7.29. The fourth-order valence-electron chi connectivity index (χ4n) is 2.50. The number of hydrogen-bond donors (Lipinski definition) is 1. The molecule has 0 radical (unpaired) electrons. The van der Waals surface area contributed by atoms with E-state index in [2.05, 4.69) is 9.97 Å². The lowest BCUT2D eigenvalue weighted by Gasteiger charge is -2.08. The number of ether oxygens (including phenoxy) is 2. The molecule has 2 aromatic heterocycles. The van der Waals surface area contributed by atoms with Crippen molar-refractivity contribution in [3.8, 4) is 5.75 Å². The standard InChI is InChI=1S/C19H20N2O4S/c1-10-5-6-14(7-11(10)2)24-9-16(22)25-8-15-20-18(23)17-12(3)13(4)26-19(17)21-15/h5-7H,8-9H2,1-4H3,(H,20,21,23). The molecule has 0 bridgehead atoms. The third kappa shape index (κ3) is 3.77. The Morgan fingerprint density at radius 3 is 2.69 bits per heavy atom. The number of benzene rings is 1. The third-order valence-corrected chi connectivity index (χ3v) is 5.39. The molecular formula is C19H20N2O4S. The predicted octanol–water partition coefficient (Wildman–Crippen LogP) is 3.34. The summed E-state index contributed by atoms with van der Waals surface area (Å²) in [7, 11) is 0. The zero-order chi connectivity index (χ0) is 18.8. The summed E-state index contributed by atoms with van der Waals surface area (Å²) in [4.78, 5) is 32.8. The Morgan fingerprint density at radius 2 is 1.96 bits per heavy atom. The van der Waals surface area contributed by atoms with E-state index >= 15 is 0 Å². The van der Waals surface area contributed by atoms with Gasteiger partial charge in [0.2, 0.25) is 0 Å². The van der Waals surface area contributed by atoms with Gasteiger partial charge in [0.25, 0.3) is 5.56 Å². The Morgan fingerprint density at radius 1 is 1.19 bits per heavy atom. The van der Waals surface area contributed by atoms with Gasteiger partial charge in [0, 0.05) is 4.88 Å². The molecule has 0 atom stereocenters. The molecule has 0 aliphatic heterocycles. The number of nitrogens with zero attached hydrogens (tertiary/aromatic N) is 1. The molecule has 6 nitrogen and oxygen atoms in total. The highest BCUT2D eigenvalue weighted by atomic mass is 32.1. The maximum absolute atomic E-state index is 12.2. The van der Waals surface area contributed by atoms with E-state index in [4.69, 9.17) is 9.47 Å².